The molecule has 0 fully saturated rings. The average Bonchev–Trinajstić information content (AvgIpc) is 2.60. The quantitative estimate of drug-likeness (QED) is 0.558. The van der Waals surface area contributed by atoms with Crippen LogP contribution in [0.2, 0.25) is 0 Å². The van der Waals surface area contributed by atoms with Gasteiger partial charge in [-0.25, -0.2) is 4.39 Å². The molecule has 0 spiro atoms. The third kappa shape index (κ3) is 1.90. The first-order valence-electron chi connectivity index (χ1n) is 4.36. The molecule has 0 N–H and O–H groups in total. The van der Waals surface area contributed by atoms with E-state index in [9.17, 15) is 9.18 Å². The number of hydrogen-bond donors (Lipinski definition) is 0. The monoisotopic (exact) mass is 218 g/mol. The van der Waals surface area contributed by atoms with Crippen LogP contribution in [0.3, 0.4) is 0 Å². The molecule has 1 aromatic carbocycles. The minimum atomic E-state index is -0.295. The highest BCUT2D eigenvalue weighted by atomic mass is 32.1. The maximum absolute atomic E-state index is 12.9. The molecule has 0 aliphatic heterocycles. The number of fused-ring (bicyclic) bond motifs is 1. The van der Waals surface area contributed by atoms with Crippen molar-refractivity contribution in [3.8, 4) is 12.3 Å². The summed E-state index contributed by atoms with van der Waals surface area (Å²) in [6.45, 7) is 0. The maximum Gasteiger partial charge on any atom is 0.184 e. The lowest BCUT2D eigenvalue weighted by Crippen LogP contribution is -1.91. The van der Waals surface area contributed by atoms with Crippen molar-refractivity contribution in [2.24, 2.45) is 0 Å². The van der Waals surface area contributed by atoms with E-state index in [4.69, 9.17) is 6.42 Å². The molecule has 0 atom stereocenters. The number of rotatable bonds is 2. The molecule has 0 aliphatic rings. The maximum atomic E-state index is 12.9. The van der Waals surface area contributed by atoms with Crippen molar-refractivity contribution < 1.29 is 9.18 Å². The zero-order valence-electron chi connectivity index (χ0n) is 7.79. The lowest BCUT2D eigenvalue weighted by atomic mass is 10.2. The number of terminal acetylenes is 1. The molecular formula is C12H7FOS. The van der Waals surface area contributed by atoms with Gasteiger partial charge < -0.3 is 0 Å². The smallest absolute Gasteiger partial charge is 0.184 e. The molecular weight excluding hydrogens is 211 g/mol. The Morgan fingerprint density at radius 2 is 2.27 bits per heavy atom. The molecule has 0 unspecified atom stereocenters. The highest BCUT2D eigenvalue weighted by Crippen LogP contribution is 2.26. The third-order valence-corrected chi connectivity index (χ3v) is 3.17. The first kappa shape index (κ1) is 9.88. The van der Waals surface area contributed by atoms with Crippen molar-refractivity contribution in [1.29, 1.82) is 0 Å². The Hall–Kier alpha value is -1.66. The standard InChI is InChI=1S/C12H7FOS/c1-2-3-10(14)12-7-8-6-9(13)4-5-11(8)15-12/h1,4-7H,3H2. The number of thiophene rings is 1. The second-order valence-electron chi connectivity index (χ2n) is 3.10. The summed E-state index contributed by atoms with van der Waals surface area (Å²) in [5.74, 6) is 1.93. The van der Waals surface area contributed by atoms with Gasteiger partial charge in [-0.15, -0.1) is 17.8 Å². The van der Waals surface area contributed by atoms with Gasteiger partial charge in [0.05, 0.1) is 11.3 Å². The summed E-state index contributed by atoms with van der Waals surface area (Å²) in [7, 11) is 0. The van der Waals surface area contributed by atoms with Crippen molar-refractivity contribution in [2.45, 2.75) is 6.42 Å². The molecule has 3 heteroatoms. The summed E-state index contributed by atoms with van der Waals surface area (Å²) >= 11 is 1.34. The largest absolute Gasteiger partial charge is 0.292 e. The van der Waals surface area contributed by atoms with E-state index < -0.39 is 0 Å². The van der Waals surface area contributed by atoms with Crippen LogP contribution < -0.4 is 0 Å². The number of Topliss-reactive ketones (excluding diaryl/α,β-unsaturated/α-hetero) is 1. The molecule has 74 valence electrons. The van der Waals surface area contributed by atoms with Crippen LogP contribution in [0.25, 0.3) is 10.1 Å². The van der Waals surface area contributed by atoms with Crippen LogP contribution in [0, 0.1) is 18.2 Å². The van der Waals surface area contributed by atoms with Gasteiger partial charge in [0.1, 0.15) is 5.82 Å². The topological polar surface area (TPSA) is 17.1 Å². The molecule has 1 aromatic heterocycles. The number of carbonyl (C=O) groups is 1. The van der Waals surface area contributed by atoms with E-state index in [1.807, 2.05) is 0 Å². The second-order valence-corrected chi connectivity index (χ2v) is 4.18. The molecule has 0 saturated heterocycles. The summed E-state index contributed by atoms with van der Waals surface area (Å²) in [5, 5.41) is 0.750. The van der Waals surface area contributed by atoms with Crippen molar-refractivity contribution in [2.75, 3.05) is 0 Å². The first-order valence-corrected chi connectivity index (χ1v) is 5.18. The number of ketones is 1. The van der Waals surface area contributed by atoms with Crippen LogP contribution >= 0.6 is 11.3 Å². The Balaban J connectivity index is 2.48. The molecule has 0 radical (unpaired) electrons. The Kier molecular flexibility index (Phi) is 2.53. The molecule has 2 rings (SSSR count). The zero-order chi connectivity index (χ0) is 10.8. The lowest BCUT2D eigenvalue weighted by molar-refractivity contribution is 0.100. The Bertz CT molecular complexity index is 562. The van der Waals surface area contributed by atoms with Gasteiger partial charge in [0.15, 0.2) is 5.78 Å². The summed E-state index contributed by atoms with van der Waals surface area (Å²) in [4.78, 5) is 12.1. The van der Waals surface area contributed by atoms with Gasteiger partial charge >= 0.3 is 0 Å². The normalized spacial score (nSPS) is 10.1. The van der Waals surface area contributed by atoms with E-state index >= 15 is 0 Å². The van der Waals surface area contributed by atoms with Gasteiger partial charge in [-0.2, -0.15) is 0 Å². The van der Waals surface area contributed by atoms with E-state index in [-0.39, 0.29) is 18.0 Å². The lowest BCUT2D eigenvalue weighted by Gasteiger charge is -1.86. The fourth-order valence-corrected chi connectivity index (χ4v) is 2.31. The van der Waals surface area contributed by atoms with Crippen LogP contribution in [0.4, 0.5) is 4.39 Å². The third-order valence-electron chi connectivity index (χ3n) is 2.02. The fraction of sp³-hybridized carbons (Fsp3) is 0.0833. The number of halogens is 1. The van der Waals surface area contributed by atoms with E-state index in [0.29, 0.717) is 4.88 Å². The average molecular weight is 218 g/mol. The van der Waals surface area contributed by atoms with Crippen molar-refractivity contribution in [3.63, 3.8) is 0 Å². The van der Waals surface area contributed by atoms with Crippen molar-refractivity contribution in [3.05, 3.63) is 35.0 Å². The fourth-order valence-electron chi connectivity index (χ4n) is 1.33. The Morgan fingerprint density at radius 3 is 3.00 bits per heavy atom. The number of benzene rings is 1. The molecule has 0 bridgehead atoms. The Morgan fingerprint density at radius 1 is 1.47 bits per heavy atom. The number of carbonyl (C=O) groups excluding carboxylic acids is 1. The first-order chi connectivity index (χ1) is 7.20. The van der Waals surface area contributed by atoms with E-state index in [2.05, 4.69) is 5.92 Å². The van der Waals surface area contributed by atoms with Gasteiger partial charge in [0, 0.05) is 4.70 Å². The SMILES string of the molecule is C#CCC(=O)c1cc2cc(F)ccc2s1. The molecule has 2 aromatic rings. The second kappa shape index (κ2) is 3.84. The van der Waals surface area contributed by atoms with E-state index in [0.717, 1.165) is 10.1 Å². The van der Waals surface area contributed by atoms with E-state index in [1.54, 1.807) is 12.1 Å². The van der Waals surface area contributed by atoms with Gasteiger partial charge in [-0.05, 0) is 29.7 Å². The van der Waals surface area contributed by atoms with E-state index in [1.165, 1.54) is 23.5 Å². The summed E-state index contributed by atoms with van der Waals surface area (Å²) in [6, 6.07) is 6.15. The van der Waals surface area contributed by atoms with Gasteiger partial charge in [-0.3, -0.25) is 4.79 Å². The number of hydrogen-bond acceptors (Lipinski definition) is 2. The van der Waals surface area contributed by atoms with Crippen molar-refractivity contribution in [1.82, 2.24) is 0 Å². The van der Waals surface area contributed by atoms with Crippen LogP contribution in [-0.2, 0) is 0 Å². The van der Waals surface area contributed by atoms with Crippen LogP contribution in [0.1, 0.15) is 16.1 Å². The van der Waals surface area contributed by atoms with Gasteiger partial charge in [0.2, 0.25) is 0 Å². The highest BCUT2D eigenvalue weighted by Gasteiger charge is 2.09. The predicted octanol–water partition coefficient (Wildman–Crippen LogP) is 3.25. The minimum Gasteiger partial charge on any atom is -0.292 e. The van der Waals surface area contributed by atoms with Crippen LogP contribution in [-0.4, -0.2) is 5.78 Å². The molecule has 0 amide bonds. The zero-order valence-corrected chi connectivity index (χ0v) is 8.60. The molecule has 0 saturated carbocycles. The van der Waals surface area contributed by atoms with Gasteiger partial charge in [-0.1, -0.05) is 5.92 Å². The molecule has 15 heavy (non-hydrogen) atoms. The molecule has 0 aliphatic carbocycles. The molecule has 1 nitrogen and oxygen atoms in total. The Labute approximate surface area is 90.5 Å². The van der Waals surface area contributed by atoms with Crippen LogP contribution in [0.5, 0.6) is 0 Å². The summed E-state index contributed by atoms with van der Waals surface area (Å²) in [6.07, 6.45) is 5.15. The van der Waals surface area contributed by atoms with Gasteiger partial charge in [0.25, 0.3) is 0 Å². The predicted molar refractivity (Wildman–Crippen MR) is 59.6 cm³/mol. The van der Waals surface area contributed by atoms with Crippen molar-refractivity contribution >= 4 is 27.2 Å². The summed E-state index contributed by atoms with van der Waals surface area (Å²) < 4.78 is 13.8. The summed E-state index contributed by atoms with van der Waals surface area (Å²) in [5.41, 5.74) is 0. The molecule has 1 heterocycles. The minimum absolute atomic E-state index is 0.0842. The van der Waals surface area contributed by atoms with Crippen LogP contribution in [0.15, 0.2) is 24.3 Å². The highest BCUT2D eigenvalue weighted by molar-refractivity contribution is 7.20.